The Morgan fingerprint density at radius 1 is 0.938 bits per heavy atom. The van der Waals surface area contributed by atoms with Gasteiger partial charge in [0.15, 0.2) is 0 Å². The Kier molecular flexibility index (Phi) is 7.78. The summed E-state index contributed by atoms with van der Waals surface area (Å²) in [5.41, 5.74) is 10.1. The van der Waals surface area contributed by atoms with Gasteiger partial charge in [-0.25, -0.2) is 0 Å². The Hall–Kier alpha value is -1.63. The van der Waals surface area contributed by atoms with Crippen molar-refractivity contribution in [2.75, 3.05) is 19.6 Å². The summed E-state index contributed by atoms with van der Waals surface area (Å²) in [5, 5.41) is 4.68. The Morgan fingerprint density at radius 2 is 1.56 bits per heavy atom. The molecule has 0 heterocycles. The average Bonchev–Trinajstić information content (AvgIpc) is 2.24. The van der Waals surface area contributed by atoms with Crippen LogP contribution in [0.5, 0.6) is 0 Å². The molecule has 6 N–H and O–H groups in total. The third kappa shape index (κ3) is 8.95. The van der Waals surface area contributed by atoms with Gasteiger partial charge >= 0.3 is 0 Å². The molecule has 0 radical (unpaired) electrons. The summed E-state index contributed by atoms with van der Waals surface area (Å²) >= 11 is 0. The van der Waals surface area contributed by atoms with Crippen molar-refractivity contribution in [3.8, 4) is 0 Å². The minimum atomic E-state index is -0.623. The molecule has 0 aliphatic carbocycles. The zero-order valence-electron chi connectivity index (χ0n) is 9.12. The van der Waals surface area contributed by atoms with Gasteiger partial charge in [0.05, 0.1) is 13.1 Å². The van der Waals surface area contributed by atoms with Crippen molar-refractivity contribution < 1.29 is 14.4 Å². The molecule has 0 spiro atoms. The first kappa shape index (κ1) is 14.4. The van der Waals surface area contributed by atoms with E-state index in [9.17, 15) is 14.4 Å². The van der Waals surface area contributed by atoms with Crippen molar-refractivity contribution in [1.82, 2.24) is 10.6 Å². The van der Waals surface area contributed by atoms with E-state index in [4.69, 9.17) is 11.5 Å². The number of amides is 3. The van der Waals surface area contributed by atoms with Crippen molar-refractivity contribution >= 4 is 17.7 Å². The smallest absolute Gasteiger partial charge is 0.239 e. The molecule has 0 saturated carbocycles. The van der Waals surface area contributed by atoms with E-state index < -0.39 is 11.8 Å². The van der Waals surface area contributed by atoms with E-state index in [-0.39, 0.29) is 19.0 Å². The van der Waals surface area contributed by atoms with Crippen molar-refractivity contribution in [3.63, 3.8) is 0 Å². The maximum atomic E-state index is 11.1. The van der Waals surface area contributed by atoms with Crippen LogP contribution in [0.1, 0.15) is 19.3 Å². The Balaban J connectivity index is 3.51. The second-order valence-electron chi connectivity index (χ2n) is 3.27. The minimum absolute atomic E-state index is 0.144. The zero-order chi connectivity index (χ0) is 12.4. The van der Waals surface area contributed by atoms with Gasteiger partial charge in [-0.15, -0.1) is 0 Å². The summed E-state index contributed by atoms with van der Waals surface area (Å²) in [6.07, 6.45) is 1.83. The highest BCUT2D eigenvalue weighted by Crippen LogP contribution is 1.92. The molecule has 0 aromatic rings. The molecule has 0 aliphatic rings. The van der Waals surface area contributed by atoms with Gasteiger partial charge in [-0.05, 0) is 19.4 Å². The summed E-state index contributed by atoms with van der Waals surface area (Å²) in [6, 6.07) is 0. The number of primary amides is 1. The fourth-order valence-electron chi connectivity index (χ4n) is 0.945. The van der Waals surface area contributed by atoms with Gasteiger partial charge in [-0.3, -0.25) is 14.4 Å². The predicted molar refractivity (Wildman–Crippen MR) is 58.1 cm³/mol. The molecule has 0 bridgehead atoms. The number of rotatable bonds is 8. The van der Waals surface area contributed by atoms with Gasteiger partial charge in [-0.2, -0.15) is 0 Å². The van der Waals surface area contributed by atoms with E-state index in [1.165, 1.54) is 0 Å². The summed E-state index contributed by atoms with van der Waals surface area (Å²) in [4.78, 5) is 32.5. The number of carbonyl (C=O) groups is 3. The lowest BCUT2D eigenvalue weighted by atomic mass is 10.2. The Morgan fingerprint density at radius 3 is 2.12 bits per heavy atom. The summed E-state index contributed by atoms with van der Waals surface area (Å²) in [5.74, 6) is -1.27. The van der Waals surface area contributed by atoms with Crippen molar-refractivity contribution in [3.05, 3.63) is 0 Å². The lowest BCUT2D eigenvalue weighted by molar-refractivity contribution is -0.127. The third-order valence-electron chi connectivity index (χ3n) is 1.76. The lowest BCUT2D eigenvalue weighted by Crippen LogP contribution is -2.40. The van der Waals surface area contributed by atoms with Gasteiger partial charge in [0, 0.05) is 6.42 Å². The van der Waals surface area contributed by atoms with Crippen LogP contribution < -0.4 is 22.1 Å². The Labute approximate surface area is 93.9 Å². The van der Waals surface area contributed by atoms with Crippen LogP contribution >= 0.6 is 0 Å². The summed E-state index contributed by atoms with van der Waals surface area (Å²) in [6.45, 7) is 0.184. The second kappa shape index (κ2) is 8.66. The second-order valence-corrected chi connectivity index (χ2v) is 3.27. The molecule has 0 aliphatic heterocycles. The largest absolute Gasteiger partial charge is 0.368 e. The van der Waals surface area contributed by atoms with Gasteiger partial charge in [0.2, 0.25) is 17.7 Å². The molecule has 7 nitrogen and oxygen atoms in total. The van der Waals surface area contributed by atoms with E-state index in [1.807, 2.05) is 0 Å². The van der Waals surface area contributed by atoms with Crippen LogP contribution in [0.2, 0.25) is 0 Å². The minimum Gasteiger partial charge on any atom is -0.368 e. The molecule has 0 saturated heterocycles. The molecule has 92 valence electrons. The third-order valence-corrected chi connectivity index (χ3v) is 1.76. The summed E-state index contributed by atoms with van der Waals surface area (Å²) in [7, 11) is 0. The molecule has 0 aromatic carbocycles. The monoisotopic (exact) mass is 230 g/mol. The van der Waals surface area contributed by atoms with Crippen molar-refractivity contribution in [1.29, 1.82) is 0 Å². The van der Waals surface area contributed by atoms with E-state index in [1.54, 1.807) is 0 Å². The van der Waals surface area contributed by atoms with Crippen LogP contribution in [-0.4, -0.2) is 37.4 Å². The highest BCUT2D eigenvalue weighted by atomic mass is 16.2. The number of nitrogens with one attached hydrogen (secondary N) is 2. The molecular weight excluding hydrogens is 212 g/mol. The number of nitrogens with two attached hydrogens (primary N) is 2. The quantitative estimate of drug-likeness (QED) is 0.354. The zero-order valence-corrected chi connectivity index (χ0v) is 9.12. The van der Waals surface area contributed by atoms with Crippen LogP contribution in [0.3, 0.4) is 0 Å². The van der Waals surface area contributed by atoms with Crippen LogP contribution in [-0.2, 0) is 14.4 Å². The van der Waals surface area contributed by atoms with Crippen LogP contribution in [0, 0.1) is 0 Å². The van der Waals surface area contributed by atoms with Gasteiger partial charge < -0.3 is 22.1 Å². The fraction of sp³-hybridized carbons (Fsp3) is 0.667. The lowest BCUT2D eigenvalue weighted by Gasteiger charge is -2.05. The Bertz CT molecular complexity index is 255. The van der Waals surface area contributed by atoms with Crippen LogP contribution in [0.4, 0.5) is 0 Å². The number of unbranched alkanes of at least 4 members (excludes halogenated alkanes) is 1. The van der Waals surface area contributed by atoms with Crippen molar-refractivity contribution in [2.24, 2.45) is 11.5 Å². The molecule has 16 heavy (non-hydrogen) atoms. The molecule has 0 atom stereocenters. The molecule has 0 unspecified atom stereocenters. The first-order chi connectivity index (χ1) is 7.56. The predicted octanol–water partition coefficient (Wildman–Crippen LogP) is -2.17. The van der Waals surface area contributed by atoms with E-state index in [0.29, 0.717) is 19.4 Å². The van der Waals surface area contributed by atoms with Crippen LogP contribution in [0.15, 0.2) is 0 Å². The van der Waals surface area contributed by atoms with E-state index in [2.05, 4.69) is 10.6 Å². The normalized spacial score (nSPS) is 9.56. The summed E-state index contributed by atoms with van der Waals surface area (Å²) < 4.78 is 0. The number of carbonyl (C=O) groups excluding carboxylic acids is 3. The number of hydrogen-bond acceptors (Lipinski definition) is 4. The number of hydrogen-bond donors (Lipinski definition) is 4. The molecule has 0 aromatic heterocycles. The first-order valence-corrected chi connectivity index (χ1v) is 5.08. The first-order valence-electron chi connectivity index (χ1n) is 5.08. The standard InChI is InChI=1S/C9H18N4O3/c10-4-2-1-3-8(15)13-6-9(16)12-5-7(11)14/h1-6,10H2,(H2,11,14)(H,12,16)(H,13,15). The molecule has 0 fully saturated rings. The SMILES string of the molecule is NCCCCC(=O)NCC(=O)NCC(N)=O. The fourth-order valence-corrected chi connectivity index (χ4v) is 0.945. The highest BCUT2D eigenvalue weighted by Gasteiger charge is 2.05. The maximum absolute atomic E-state index is 11.1. The average molecular weight is 230 g/mol. The van der Waals surface area contributed by atoms with Crippen molar-refractivity contribution in [2.45, 2.75) is 19.3 Å². The molecular formula is C9H18N4O3. The van der Waals surface area contributed by atoms with Gasteiger partial charge in [0.25, 0.3) is 0 Å². The van der Waals surface area contributed by atoms with E-state index >= 15 is 0 Å². The van der Waals surface area contributed by atoms with Gasteiger partial charge in [0.1, 0.15) is 0 Å². The highest BCUT2D eigenvalue weighted by molar-refractivity contribution is 5.87. The maximum Gasteiger partial charge on any atom is 0.239 e. The van der Waals surface area contributed by atoms with Gasteiger partial charge in [-0.1, -0.05) is 0 Å². The topological polar surface area (TPSA) is 127 Å². The molecule has 7 heteroatoms. The molecule has 3 amide bonds. The van der Waals surface area contributed by atoms with E-state index in [0.717, 1.165) is 6.42 Å². The molecule has 0 rings (SSSR count). The van der Waals surface area contributed by atoms with Crippen LogP contribution in [0.25, 0.3) is 0 Å².